The van der Waals surface area contributed by atoms with Crippen molar-refractivity contribution >= 4 is 39.1 Å². The lowest BCUT2D eigenvalue weighted by Gasteiger charge is -2.39. The second-order valence-electron chi connectivity index (χ2n) is 12.4. The van der Waals surface area contributed by atoms with Crippen LogP contribution in [0.1, 0.15) is 25.7 Å². The molecule has 12 heteroatoms. The smallest absolute Gasteiger partial charge is 0.319 e. The number of aromatic nitrogens is 3. The molecule has 0 bridgehead atoms. The number of piperazine rings is 1. The van der Waals surface area contributed by atoms with Crippen LogP contribution in [-0.4, -0.2) is 83.0 Å². The first kappa shape index (κ1) is 28.6. The highest BCUT2D eigenvalue weighted by molar-refractivity contribution is 6.36. The van der Waals surface area contributed by atoms with Gasteiger partial charge in [-0.2, -0.15) is 9.97 Å². The molecule has 0 saturated carbocycles. The molecule has 0 radical (unpaired) electrons. The number of hydrogen-bond acceptors (Lipinski definition) is 8. The Bertz CT molecular complexity index is 1890. The molecule has 3 fully saturated rings. The lowest BCUT2D eigenvalue weighted by Crippen LogP contribution is -2.58. The van der Waals surface area contributed by atoms with E-state index in [1.54, 1.807) is 24.3 Å². The van der Waals surface area contributed by atoms with E-state index in [1.165, 1.54) is 6.07 Å². The van der Waals surface area contributed by atoms with E-state index in [0.29, 0.717) is 60.0 Å². The molecule has 0 unspecified atom stereocenters. The normalized spacial score (nSPS) is 25.9. The molecule has 0 spiro atoms. The monoisotopic (exact) mass is 634 g/mol. The number of pyridine rings is 1. The molecular formula is C33H30ClF3N6O2. The Morgan fingerprint density at radius 2 is 2.04 bits per heavy atom. The van der Waals surface area contributed by atoms with Crippen LogP contribution in [-0.2, 0) is 0 Å². The van der Waals surface area contributed by atoms with Crippen LogP contribution in [0.5, 0.6) is 11.9 Å². The summed E-state index contributed by atoms with van der Waals surface area (Å²) in [6, 6.07) is 7.83. The molecule has 3 saturated heterocycles. The standard InChI is InChI=1S/C33H30ClF3N6O2/c1-2-5-20-15-43-21(13-38-20)16-44-31-25-29(27(37)28(39-31)22-7-3-6-18-8-9-23(36)26(34)24(18)22)40-32(41-30(25)43)45-17-33-10-4-11-42(33)14-19(35)12-33/h1,3,6-9,19-21,38H,4-5,10-17H2/t19-,20-,21+,33+/m1/s1. The average Bonchev–Trinajstić information content (AvgIpc) is 3.52. The summed E-state index contributed by atoms with van der Waals surface area (Å²) in [5.41, 5.74) is -0.257. The van der Waals surface area contributed by atoms with Crippen LogP contribution in [0.4, 0.5) is 19.0 Å². The van der Waals surface area contributed by atoms with Gasteiger partial charge < -0.3 is 19.7 Å². The molecule has 2 aromatic heterocycles. The zero-order chi connectivity index (χ0) is 30.9. The quantitative estimate of drug-likeness (QED) is 0.297. The summed E-state index contributed by atoms with van der Waals surface area (Å²) in [6.07, 6.45) is 7.35. The third kappa shape index (κ3) is 4.65. The Labute approximate surface area is 262 Å². The Hall–Kier alpha value is -3.85. The van der Waals surface area contributed by atoms with Gasteiger partial charge in [0.1, 0.15) is 47.6 Å². The molecule has 8 nitrogen and oxygen atoms in total. The van der Waals surface area contributed by atoms with Crippen molar-refractivity contribution in [2.24, 2.45) is 0 Å². The number of alkyl halides is 1. The van der Waals surface area contributed by atoms with E-state index >= 15 is 4.39 Å². The second kappa shape index (κ2) is 10.9. The van der Waals surface area contributed by atoms with E-state index in [4.69, 9.17) is 32.5 Å². The summed E-state index contributed by atoms with van der Waals surface area (Å²) in [5, 5.41) is 4.61. The fourth-order valence-corrected chi connectivity index (χ4v) is 7.81. The summed E-state index contributed by atoms with van der Waals surface area (Å²) < 4.78 is 58.5. The van der Waals surface area contributed by atoms with Gasteiger partial charge in [-0.15, -0.1) is 12.3 Å². The van der Waals surface area contributed by atoms with Crippen molar-refractivity contribution in [3.8, 4) is 35.5 Å². The number of halogens is 4. The van der Waals surface area contributed by atoms with Gasteiger partial charge in [0.15, 0.2) is 5.82 Å². The first-order valence-corrected chi connectivity index (χ1v) is 15.6. The fourth-order valence-electron chi connectivity index (χ4n) is 7.54. The van der Waals surface area contributed by atoms with Crippen molar-refractivity contribution in [1.82, 2.24) is 25.2 Å². The number of ether oxygens (including phenoxy) is 2. The van der Waals surface area contributed by atoms with Gasteiger partial charge in [0.05, 0.1) is 16.6 Å². The Morgan fingerprint density at radius 1 is 1.16 bits per heavy atom. The molecule has 6 heterocycles. The Balaban J connectivity index is 1.30. The number of benzene rings is 2. The van der Waals surface area contributed by atoms with Gasteiger partial charge in [-0.25, -0.2) is 18.2 Å². The summed E-state index contributed by atoms with van der Waals surface area (Å²) in [7, 11) is 0. The fraction of sp³-hybridized carbons (Fsp3) is 0.424. The van der Waals surface area contributed by atoms with Crippen LogP contribution >= 0.6 is 11.6 Å². The first-order chi connectivity index (χ1) is 21.8. The Morgan fingerprint density at radius 3 is 2.91 bits per heavy atom. The number of hydrogen-bond donors (Lipinski definition) is 1. The summed E-state index contributed by atoms with van der Waals surface area (Å²) >= 11 is 6.43. The predicted molar refractivity (Wildman–Crippen MR) is 166 cm³/mol. The van der Waals surface area contributed by atoms with Gasteiger partial charge in [0.25, 0.3) is 0 Å². The minimum absolute atomic E-state index is 0.0158. The molecule has 2 aromatic carbocycles. The minimum Gasteiger partial charge on any atom is -0.475 e. The highest BCUT2D eigenvalue weighted by Crippen LogP contribution is 2.44. The third-order valence-corrected chi connectivity index (χ3v) is 10.1. The predicted octanol–water partition coefficient (Wildman–Crippen LogP) is 5.29. The lowest BCUT2D eigenvalue weighted by atomic mass is 9.95. The van der Waals surface area contributed by atoms with Crippen LogP contribution in [0, 0.1) is 24.0 Å². The lowest BCUT2D eigenvalue weighted by molar-refractivity contribution is 0.107. The number of terminal acetylenes is 1. The Kier molecular flexibility index (Phi) is 6.93. The maximum absolute atomic E-state index is 16.9. The molecular weight excluding hydrogens is 605 g/mol. The van der Waals surface area contributed by atoms with E-state index in [2.05, 4.69) is 31.0 Å². The third-order valence-electron chi connectivity index (χ3n) is 9.68. The molecule has 4 aliphatic heterocycles. The van der Waals surface area contributed by atoms with Crippen LogP contribution in [0.15, 0.2) is 30.3 Å². The molecule has 4 aliphatic rings. The zero-order valence-corrected chi connectivity index (χ0v) is 25.1. The maximum Gasteiger partial charge on any atom is 0.319 e. The second-order valence-corrected chi connectivity index (χ2v) is 12.8. The molecule has 0 aliphatic carbocycles. The molecule has 8 rings (SSSR count). The van der Waals surface area contributed by atoms with Crippen molar-refractivity contribution in [3.05, 3.63) is 47.0 Å². The number of nitrogens with one attached hydrogen (secondary N) is 1. The van der Waals surface area contributed by atoms with E-state index in [-0.39, 0.29) is 53.4 Å². The van der Waals surface area contributed by atoms with Gasteiger partial charge in [0, 0.05) is 49.5 Å². The molecule has 4 atom stereocenters. The van der Waals surface area contributed by atoms with E-state index < -0.39 is 23.3 Å². The first-order valence-electron chi connectivity index (χ1n) is 15.2. The highest BCUT2D eigenvalue weighted by Gasteiger charge is 2.49. The SMILES string of the molecule is C#CC[C@@H]1CN2c3nc(OC[C@@]45CCCN4C[C@H](F)C5)nc4c(F)c(-c5cccc6ccc(F)c(Cl)c56)nc(c34)OC[C@@H]2CN1. The molecule has 232 valence electrons. The van der Waals surface area contributed by atoms with Gasteiger partial charge in [-0.05, 0) is 30.8 Å². The zero-order valence-electron chi connectivity index (χ0n) is 24.3. The van der Waals surface area contributed by atoms with Gasteiger partial charge >= 0.3 is 6.01 Å². The van der Waals surface area contributed by atoms with E-state index in [0.717, 1.165) is 19.4 Å². The largest absolute Gasteiger partial charge is 0.475 e. The van der Waals surface area contributed by atoms with Gasteiger partial charge in [-0.3, -0.25) is 4.90 Å². The topological polar surface area (TPSA) is 75.6 Å². The van der Waals surface area contributed by atoms with Crippen LogP contribution < -0.4 is 19.7 Å². The molecule has 45 heavy (non-hydrogen) atoms. The van der Waals surface area contributed by atoms with Crippen molar-refractivity contribution in [2.75, 3.05) is 44.3 Å². The molecule has 1 N–H and O–H groups in total. The summed E-state index contributed by atoms with van der Waals surface area (Å²) in [5.74, 6) is 1.95. The van der Waals surface area contributed by atoms with Gasteiger partial charge in [-0.1, -0.05) is 35.9 Å². The van der Waals surface area contributed by atoms with Crippen molar-refractivity contribution < 1.29 is 22.6 Å². The van der Waals surface area contributed by atoms with Crippen molar-refractivity contribution in [1.29, 1.82) is 0 Å². The number of anilines is 1. The minimum atomic E-state index is -0.922. The van der Waals surface area contributed by atoms with Gasteiger partial charge in [0.2, 0.25) is 5.88 Å². The van der Waals surface area contributed by atoms with Crippen LogP contribution in [0.25, 0.3) is 32.9 Å². The van der Waals surface area contributed by atoms with E-state index in [9.17, 15) is 8.78 Å². The molecule has 0 amide bonds. The summed E-state index contributed by atoms with van der Waals surface area (Å²) in [6.45, 7) is 2.69. The van der Waals surface area contributed by atoms with Crippen LogP contribution in [0.3, 0.4) is 0 Å². The van der Waals surface area contributed by atoms with Crippen molar-refractivity contribution in [3.63, 3.8) is 0 Å². The van der Waals surface area contributed by atoms with Crippen molar-refractivity contribution in [2.45, 2.75) is 49.5 Å². The number of fused-ring (bicyclic) bond motifs is 4. The average molecular weight is 635 g/mol. The van der Waals surface area contributed by atoms with E-state index in [1.807, 2.05) is 0 Å². The maximum atomic E-state index is 16.9. The van der Waals surface area contributed by atoms with Crippen LogP contribution in [0.2, 0.25) is 5.02 Å². The summed E-state index contributed by atoms with van der Waals surface area (Å²) in [4.78, 5) is 18.3. The number of nitrogens with zero attached hydrogens (tertiary/aromatic N) is 5. The number of rotatable bonds is 5. The molecule has 4 aromatic rings. The highest BCUT2D eigenvalue weighted by atomic mass is 35.5.